The van der Waals surface area contributed by atoms with Crippen LogP contribution in [0.5, 0.6) is 0 Å². The van der Waals surface area contributed by atoms with Crippen molar-refractivity contribution >= 4 is 11.3 Å². The van der Waals surface area contributed by atoms with Gasteiger partial charge in [-0.1, -0.05) is 0 Å². The topological polar surface area (TPSA) is 34.1 Å². The van der Waals surface area contributed by atoms with E-state index in [1.165, 1.54) is 4.88 Å². The molecule has 4 heteroatoms. The zero-order valence-electron chi connectivity index (χ0n) is 8.12. The highest BCUT2D eigenvalue weighted by atomic mass is 32.1. The van der Waals surface area contributed by atoms with Crippen LogP contribution in [0.2, 0.25) is 0 Å². The summed E-state index contributed by atoms with van der Waals surface area (Å²) >= 11 is 1.69. The van der Waals surface area contributed by atoms with Crippen LogP contribution in [-0.4, -0.2) is 25.2 Å². The van der Waals surface area contributed by atoms with Crippen molar-refractivity contribution in [3.05, 3.63) is 16.6 Å². The van der Waals surface area contributed by atoms with Gasteiger partial charge >= 0.3 is 0 Å². The Labute approximate surface area is 83.1 Å². The first kappa shape index (κ1) is 10.6. The summed E-state index contributed by atoms with van der Waals surface area (Å²) in [5.74, 6) is 0. The Kier molecular flexibility index (Phi) is 4.97. The molecule has 0 radical (unpaired) electrons. The third kappa shape index (κ3) is 3.85. The average Bonchev–Trinajstić information content (AvgIpc) is 2.65. The van der Waals surface area contributed by atoms with Crippen LogP contribution in [0.15, 0.2) is 11.7 Å². The molecule has 13 heavy (non-hydrogen) atoms. The zero-order chi connectivity index (χ0) is 9.52. The van der Waals surface area contributed by atoms with E-state index >= 15 is 0 Å². The molecule has 1 unspecified atom stereocenters. The van der Waals surface area contributed by atoms with Gasteiger partial charge in [-0.15, -0.1) is 11.3 Å². The summed E-state index contributed by atoms with van der Waals surface area (Å²) in [6, 6.07) is 0.407. The number of rotatable bonds is 6. The van der Waals surface area contributed by atoms with Gasteiger partial charge in [0.2, 0.25) is 0 Å². The lowest BCUT2D eigenvalue weighted by atomic mass is 10.3. The number of hydrogen-bond acceptors (Lipinski definition) is 4. The quantitative estimate of drug-likeness (QED) is 0.711. The Balaban J connectivity index is 2.15. The third-order valence-corrected chi connectivity index (χ3v) is 2.81. The van der Waals surface area contributed by atoms with E-state index in [0.29, 0.717) is 6.04 Å². The number of nitrogens with zero attached hydrogens (tertiary/aromatic N) is 1. The largest absolute Gasteiger partial charge is 0.385 e. The first-order valence-corrected chi connectivity index (χ1v) is 5.33. The molecule has 0 aliphatic rings. The molecule has 0 spiro atoms. The number of nitrogens with one attached hydrogen (secondary N) is 1. The number of thiazole rings is 1. The van der Waals surface area contributed by atoms with Gasteiger partial charge in [-0.3, -0.25) is 4.98 Å². The van der Waals surface area contributed by atoms with Gasteiger partial charge in [0.25, 0.3) is 0 Å². The molecule has 0 saturated carbocycles. The van der Waals surface area contributed by atoms with Crippen LogP contribution < -0.4 is 5.32 Å². The number of methoxy groups -OCH3 is 1. The van der Waals surface area contributed by atoms with E-state index in [1.54, 1.807) is 18.4 Å². The minimum absolute atomic E-state index is 0.407. The van der Waals surface area contributed by atoms with E-state index in [0.717, 1.165) is 19.6 Å². The molecule has 0 aliphatic heterocycles. The van der Waals surface area contributed by atoms with Gasteiger partial charge in [0.05, 0.1) is 5.51 Å². The lowest BCUT2D eigenvalue weighted by Gasteiger charge is -2.10. The predicted octanol–water partition coefficient (Wildman–Crippen LogP) is 1.83. The Morgan fingerprint density at radius 2 is 2.54 bits per heavy atom. The summed E-state index contributed by atoms with van der Waals surface area (Å²) in [5, 5.41) is 3.41. The second-order valence-corrected chi connectivity index (χ2v) is 3.84. The second kappa shape index (κ2) is 6.07. The molecular weight excluding hydrogens is 184 g/mol. The standard InChI is InChI=1S/C9H16N2OS/c1-8(9-6-10-7-13-9)11-4-3-5-12-2/h6-8,11H,3-5H2,1-2H3. The fraction of sp³-hybridized carbons (Fsp3) is 0.667. The molecule has 1 rings (SSSR count). The number of aromatic nitrogens is 1. The average molecular weight is 200 g/mol. The van der Waals surface area contributed by atoms with Gasteiger partial charge in [0.1, 0.15) is 0 Å². The van der Waals surface area contributed by atoms with Crippen molar-refractivity contribution in [2.75, 3.05) is 20.3 Å². The predicted molar refractivity (Wildman–Crippen MR) is 55.0 cm³/mol. The molecular formula is C9H16N2OS. The van der Waals surface area contributed by atoms with Crippen molar-refractivity contribution in [3.63, 3.8) is 0 Å². The summed E-state index contributed by atoms with van der Waals surface area (Å²) in [6.07, 6.45) is 2.97. The smallest absolute Gasteiger partial charge is 0.0794 e. The Morgan fingerprint density at radius 1 is 1.69 bits per heavy atom. The van der Waals surface area contributed by atoms with E-state index in [4.69, 9.17) is 4.74 Å². The molecule has 0 fully saturated rings. The SMILES string of the molecule is COCCCNC(C)c1cncs1. The van der Waals surface area contributed by atoms with Gasteiger partial charge in [-0.2, -0.15) is 0 Å². The summed E-state index contributed by atoms with van der Waals surface area (Å²) in [4.78, 5) is 5.33. The van der Waals surface area contributed by atoms with E-state index in [9.17, 15) is 0 Å². The molecule has 1 heterocycles. The summed E-state index contributed by atoms with van der Waals surface area (Å²) in [5.41, 5.74) is 1.86. The van der Waals surface area contributed by atoms with Gasteiger partial charge in [-0.25, -0.2) is 0 Å². The molecule has 0 saturated heterocycles. The molecule has 1 atom stereocenters. The first-order valence-electron chi connectivity index (χ1n) is 4.45. The molecule has 0 amide bonds. The van der Waals surface area contributed by atoms with E-state index in [2.05, 4.69) is 17.2 Å². The van der Waals surface area contributed by atoms with Crippen molar-refractivity contribution in [1.82, 2.24) is 10.3 Å². The van der Waals surface area contributed by atoms with Gasteiger partial charge in [-0.05, 0) is 19.9 Å². The normalized spacial score (nSPS) is 13.1. The van der Waals surface area contributed by atoms with Crippen LogP contribution in [0.3, 0.4) is 0 Å². The summed E-state index contributed by atoms with van der Waals surface area (Å²) in [6.45, 7) is 3.97. The van der Waals surface area contributed by atoms with Crippen LogP contribution in [0.25, 0.3) is 0 Å². The van der Waals surface area contributed by atoms with Crippen molar-refractivity contribution in [3.8, 4) is 0 Å². The zero-order valence-corrected chi connectivity index (χ0v) is 8.93. The van der Waals surface area contributed by atoms with Crippen LogP contribution in [-0.2, 0) is 4.74 Å². The fourth-order valence-corrected chi connectivity index (χ4v) is 1.73. The Hall–Kier alpha value is -0.450. The minimum Gasteiger partial charge on any atom is -0.385 e. The molecule has 1 aromatic rings. The van der Waals surface area contributed by atoms with Crippen LogP contribution in [0, 0.1) is 0 Å². The second-order valence-electron chi connectivity index (χ2n) is 2.93. The molecule has 3 nitrogen and oxygen atoms in total. The van der Waals surface area contributed by atoms with Crippen molar-refractivity contribution in [1.29, 1.82) is 0 Å². The summed E-state index contributed by atoms with van der Waals surface area (Å²) < 4.78 is 4.96. The molecule has 0 aromatic carbocycles. The maximum atomic E-state index is 4.96. The monoisotopic (exact) mass is 200 g/mol. The number of ether oxygens (including phenoxy) is 1. The highest BCUT2D eigenvalue weighted by molar-refractivity contribution is 7.09. The Morgan fingerprint density at radius 3 is 3.15 bits per heavy atom. The molecule has 1 N–H and O–H groups in total. The van der Waals surface area contributed by atoms with E-state index < -0.39 is 0 Å². The summed E-state index contributed by atoms with van der Waals surface area (Å²) in [7, 11) is 1.73. The molecule has 0 bridgehead atoms. The third-order valence-electron chi connectivity index (χ3n) is 1.85. The van der Waals surface area contributed by atoms with Crippen molar-refractivity contribution in [2.45, 2.75) is 19.4 Å². The number of hydrogen-bond donors (Lipinski definition) is 1. The van der Waals surface area contributed by atoms with Crippen LogP contribution in [0.4, 0.5) is 0 Å². The van der Waals surface area contributed by atoms with Crippen LogP contribution in [0.1, 0.15) is 24.3 Å². The van der Waals surface area contributed by atoms with Crippen molar-refractivity contribution in [2.24, 2.45) is 0 Å². The minimum atomic E-state index is 0.407. The molecule has 74 valence electrons. The van der Waals surface area contributed by atoms with Crippen LogP contribution >= 0.6 is 11.3 Å². The lowest BCUT2D eigenvalue weighted by molar-refractivity contribution is 0.193. The van der Waals surface area contributed by atoms with Gasteiger partial charge in [0.15, 0.2) is 0 Å². The van der Waals surface area contributed by atoms with Gasteiger partial charge in [0, 0.05) is 30.8 Å². The lowest BCUT2D eigenvalue weighted by Crippen LogP contribution is -2.20. The maximum absolute atomic E-state index is 4.96. The van der Waals surface area contributed by atoms with E-state index in [1.807, 2.05) is 11.7 Å². The van der Waals surface area contributed by atoms with Gasteiger partial charge < -0.3 is 10.1 Å². The maximum Gasteiger partial charge on any atom is 0.0794 e. The fourth-order valence-electron chi connectivity index (χ4n) is 1.08. The highest BCUT2D eigenvalue weighted by Gasteiger charge is 2.04. The molecule has 0 aliphatic carbocycles. The van der Waals surface area contributed by atoms with E-state index in [-0.39, 0.29) is 0 Å². The first-order chi connectivity index (χ1) is 6.34. The van der Waals surface area contributed by atoms with Crippen molar-refractivity contribution < 1.29 is 4.74 Å². The highest BCUT2D eigenvalue weighted by Crippen LogP contribution is 2.15. The molecule has 1 aromatic heterocycles. The Bertz CT molecular complexity index is 213.